The van der Waals surface area contributed by atoms with E-state index in [4.69, 9.17) is 0 Å². The average molecular weight is 370 g/mol. The van der Waals surface area contributed by atoms with E-state index in [9.17, 15) is 4.79 Å². The first-order chi connectivity index (χ1) is 12.6. The molecule has 1 saturated heterocycles. The lowest BCUT2D eigenvalue weighted by molar-refractivity contribution is 0.479. The number of fused-ring (bicyclic) bond motifs is 1. The topological polar surface area (TPSA) is 85.9 Å². The zero-order chi connectivity index (χ0) is 18.1. The number of thiazole rings is 1. The van der Waals surface area contributed by atoms with Crippen molar-refractivity contribution in [3.8, 4) is 10.6 Å². The molecule has 1 aliphatic heterocycles. The highest BCUT2D eigenvalue weighted by Crippen LogP contribution is 2.32. The van der Waals surface area contributed by atoms with Gasteiger partial charge in [-0.2, -0.15) is 4.98 Å². The molecule has 3 aromatic rings. The molecule has 8 heteroatoms. The Morgan fingerprint density at radius 1 is 1.27 bits per heavy atom. The Kier molecular flexibility index (Phi) is 4.60. The first-order valence-electron chi connectivity index (χ1n) is 8.76. The summed E-state index contributed by atoms with van der Waals surface area (Å²) in [6.45, 7) is 1.90. The summed E-state index contributed by atoms with van der Waals surface area (Å²) in [5.41, 5.74) is 1.24. The predicted octanol–water partition coefficient (Wildman–Crippen LogP) is 2.28. The van der Waals surface area contributed by atoms with Crippen LogP contribution in [0.3, 0.4) is 0 Å². The molecular formula is C18H22N6OS. The molecule has 1 aromatic carbocycles. The quantitative estimate of drug-likeness (QED) is 0.653. The Balaban J connectivity index is 1.82. The van der Waals surface area contributed by atoms with Crippen LogP contribution >= 0.6 is 11.3 Å². The van der Waals surface area contributed by atoms with E-state index in [1.54, 1.807) is 4.90 Å². The summed E-state index contributed by atoms with van der Waals surface area (Å²) in [6, 6.07) is 8.17. The zero-order valence-corrected chi connectivity index (χ0v) is 15.7. The molecule has 2 aromatic heterocycles. The number of aromatic amines is 1. The molecule has 7 nitrogen and oxygen atoms in total. The van der Waals surface area contributed by atoms with Crippen LogP contribution in [0.2, 0.25) is 0 Å². The molecule has 0 bridgehead atoms. The molecule has 1 atom stereocenters. The Morgan fingerprint density at radius 3 is 2.85 bits per heavy atom. The van der Waals surface area contributed by atoms with Crippen LogP contribution in [0.4, 0.5) is 11.8 Å². The minimum absolute atomic E-state index is 0.172. The molecular weight excluding hydrogens is 348 g/mol. The number of para-hydroxylation sites is 1. The number of piperidine rings is 1. The molecule has 1 fully saturated rings. The normalized spacial score (nSPS) is 17.4. The second-order valence-corrected chi connectivity index (χ2v) is 7.71. The fourth-order valence-corrected chi connectivity index (χ4v) is 4.13. The minimum Gasteiger partial charge on any atom is -0.365 e. The summed E-state index contributed by atoms with van der Waals surface area (Å²) in [7, 11) is 3.73. The van der Waals surface area contributed by atoms with Gasteiger partial charge in [-0.1, -0.05) is 12.1 Å². The molecule has 26 heavy (non-hydrogen) atoms. The lowest BCUT2D eigenvalue weighted by Crippen LogP contribution is -2.39. The second-order valence-electron chi connectivity index (χ2n) is 6.68. The Morgan fingerprint density at radius 2 is 2.12 bits per heavy atom. The van der Waals surface area contributed by atoms with Gasteiger partial charge in [-0.05, 0) is 31.5 Å². The third-order valence-electron chi connectivity index (χ3n) is 4.48. The minimum atomic E-state index is -0.172. The Labute approximate surface area is 155 Å². The van der Waals surface area contributed by atoms with Crippen molar-refractivity contribution in [2.75, 3.05) is 37.4 Å². The van der Waals surface area contributed by atoms with Gasteiger partial charge in [-0.25, -0.2) is 4.98 Å². The van der Waals surface area contributed by atoms with Gasteiger partial charge in [0.25, 0.3) is 5.56 Å². The number of H-pyrrole nitrogens is 1. The number of hydrogen-bond donors (Lipinski definition) is 3. The average Bonchev–Trinajstić information content (AvgIpc) is 3.05. The first-order valence-corrected chi connectivity index (χ1v) is 9.58. The third kappa shape index (κ3) is 3.30. The second kappa shape index (κ2) is 7.05. The molecule has 136 valence electrons. The maximum absolute atomic E-state index is 12.9. The molecule has 1 aliphatic rings. The first kappa shape index (κ1) is 17.0. The molecule has 3 heterocycles. The molecule has 0 spiro atoms. The van der Waals surface area contributed by atoms with Gasteiger partial charge in [-0.3, -0.25) is 9.78 Å². The zero-order valence-electron chi connectivity index (χ0n) is 14.9. The Hall–Kier alpha value is -2.45. The van der Waals surface area contributed by atoms with Crippen molar-refractivity contribution in [1.29, 1.82) is 0 Å². The summed E-state index contributed by atoms with van der Waals surface area (Å²) < 4.78 is 1.06. The van der Waals surface area contributed by atoms with Gasteiger partial charge < -0.3 is 15.5 Å². The van der Waals surface area contributed by atoms with E-state index in [2.05, 4.69) is 25.6 Å². The molecule has 3 N–H and O–H groups in total. The van der Waals surface area contributed by atoms with Crippen LogP contribution in [0.1, 0.15) is 12.8 Å². The molecule has 4 rings (SSSR count). The van der Waals surface area contributed by atoms with Gasteiger partial charge in [-0.15, -0.1) is 11.3 Å². The number of aromatic nitrogens is 3. The Bertz CT molecular complexity index is 940. The van der Waals surface area contributed by atoms with Crippen LogP contribution in [0.5, 0.6) is 0 Å². The van der Waals surface area contributed by atoms with Crippen molar-refractivity contribution in [3.63, 3.8) is 0 Å². The standard InChI is InChI=1S/C18H22N6OS/c1-24(2)18-22-15(20-11-6-5-9-19-10-11)14(16(25)23-18)17-21-12-7-3-4-8-13(12)26-17/h3-4,7-8,11,19H,5-6,9-10H2,1-2H3,(H2,20,22,23,25). The monoisotopic (exact) mass is 370 g/mol. The largest absolute Gasteiger partial charge is 0.365 e. The van der Waals surface area contributed by atoms with E-state index in [0.717, 1.165) is 36.1 Å². The van der Waals surface area contributed by atoms with Crippen LogP contribution in [-0.4, -0.2) is 48.2 Å². The summed E-state index contributed by atoms with van der Waals surface area (Å²) in [5, 5.41) is 7.55. The van der Waals surface area contributed by atoms with Gasteiger partial charge in [0.1, 0.15) is 16.4 Å². The van der Waals surface area contributed by atoms with Crippen molar-refractivity contribution in [3.05, 3.63) is 34.6 Å². The van der Waals surface area contributed by atoms with Crippen molar-refractivity contribution in [1.82, 2.24) is 20.3 Å². The van der Waals surface area contributed by atoms with Crippen LogP contribution in [0.15, 0.2) is 29.1 Å². The van der Waals surface area contributed by atoms with E-state index in [1.165, 1.54) is 11.3 Å². The fourth-order valence-electron chi connectivity index (χ4n) is 3.12. The highest BCUT2D eigenvalue weighted by Gasteiger charge is 2.21. The van der Waals surface area contributed by atoms with Gasteiger partial charge in [0, 0.05) is 26.7 Å². The lowest BCUT2D eigenvalue weighted by Gasteiger charge is -2.25. The van der Waals surface area contributed by atoms with Crippen molar-refractivity contribution < 1.29 is 0 Å². The fraction of sp³-hybridized carbons (Fsp3) is 0.389. The van der Waals surface area contributed by atoms with Crippen molar-refractivity contribution in [2.24, 2.45) is 0 Å². The van der Waals surface area contributed by atoms with Crippen molar-refractivity contribution >= 4 is 33.3 Å². The van der Waals surface area contributed by atoms with E-state index in [1.807, 2.05) is 38.4 Å². The van der Waals surface area contributed by atoms with Crippen LogP contribution in [-0.2, 0) is 0 Å². The highest BCUT2D eigenvalue weighted by atomic mass is 32.1. The lowest BCUT2D eigenvalue weighted by atomic mass is 10.1. The summed E-state index contributed by atoms with van der Waals surface area (Å²) >= 11 is 1.51. The highest BCUT2D eigenvalue weighted by molar-refractivity contribution is 7.21. The smallest absolute Gasteiger partial charge is 0.264 e. The molecule has 0 amide bonds. The summed E-state index contributed by atoms with van der Waals surface area (Å²) in [5.74, 6) is 1.14. The summed E-state index contributed by atoms with van der Waals surface area (Å²) in [6.07, 6.45) is 2.16. The van der Waals surface area contributed by atoms with Crippen LogP contribution in [0.25, 0.3) is 20.8 Å². The predicted molar refractivity (Wildman–Crippen MR) is 107 cm³/mol. The number of hydrogen-bond acceptors (Lipinski definition) is 7. The number of nitrogens with zero attached hydrogens (tertiary/aromatic N) is 3. The molecule has 0 saturated carbocycles. The maximum atomic E-state index is 12.9. The maximum Gasteiger partial charge on any atom is 0.264 e. The van der Waals surface area contributed by atoms with E-state index < -0.39 is 0 Å². The van der Waals surface area contributed by atoms with Gasteiger partial charge in [0.15, 0.2) is 0 Å². The number of benzene rings is 1. The molecule has 0 radical (unpaired) electrons. The van der Waals surface area contributed by atoms with E-state index in [-0.39, 0.29) is 11.6 Å². The van der Waals surface area contributed by atoms with E-state index in [0.29, 0.717) is 22.3 Å². The van der Waals surface area contributed by atoms with Crippen molar-refractivity contribution in [2.45, 2.75) is 18.9 Å². The van der Waals surface area contributed by atoms with Gasteiger partial charge >= 0.3 is 0 Å². The van der Waals surface area contributed by atoms with Crippen LogP contribution in [0, 0.1) is 0 Å². The van der Waals surface area contributed by atoms with Gasteiger partial charge in [0.05, 0.1) is 10.2 Å². The molecule has 1 unspecified atom stereocenters. The SMILES string of the molecule is CN(C)c1nc(NC2CCCNC2)c(-c2nc3ccccc3s2)c(=O)[nH]1. The number of nitrogens with one attached hydrogen (secondary N) is 3. The molecule has 0 aliphatic carbocycles. The van der Waals surface area contributed by atoms with Gasteiger partial charge in [0.2, 0.25) is 5.95 Å². The van der Waals surface area contributed by atoms with E-state index >= 15 is 0 Å². The number of anilines is 2. The summed E-state index contributed by atoms with van der Waals surface area (Å²) in [4.78, 5) is 26.9. The van der Waals surface area contributed by atoms with Crippen LogP contribution < -0.4 is 21.1 Å². The number of rotatable bonds is 4. The third-order valence-corrected chi connectivity index (χ3v) is 5.53.